The summed E-state index contributed by atoms with van der Waals surface area (Å²) in [6, 6.07) is 8.39. The van der Waals surface area contributed by atoms with E-state index in [9.17, 15) is 9.90 Å². The van der Waals surface area contributed by atoms with E-state index in [0.717, 1.165) is 0 Å². The Morgan fingerprint density at radius 1 is 1.29 bits per heavy atom. The number of carbonyl (C=O) groups excluding carboxylic acids is 1. The number of amides is 1. The number of nitrogens with one attached hydrogen (secondary N) is 1. The quantitative estimate of drug-likeness (QED) is 0.827. The average molecular weight is 326 g/mol. The van der Waals surface area contributed by atoms with E-state index >= 15 is 0 Å². The Bertz CT molecular complexity index is 618. The van der Waals surface area contributed by atoms with Gasteiger partial charge >= 0.3 is 0 Å². The first-order valence-electron chi connectivity index (χ1n) is 6.19. The molecule has 4 nitrogen and oxygen atoms in total. The minimum Gasteiger partial charge on any atom is -0.465 e. The van der Waals surface area contributed by atoms with Crippen LogP contribution in [0.5, 0.6) is 0 Å². The molecule has 110 valence electrons. The Morgan fingerprint density at radius 2 is 2.00 bits per heavy atom. The van der Waals surface area contributed by atoms with Crippen LogP contribution in [0.3, 0.4) is 0 Å². The highest BCUT2D eigenvalue weighted by Crippen LogP contribution is 2.29. The van der Waals surface area contributed by atoms with E-state index in [2.05, 4.69) is 5.32 Å². The van der Waals surface area contributed by atoms with Crippen LogP contribution in [-0.2, 0) is 4.79 Å². The monoisotopic (exact) mass is 325 g/mol. The van der Waals surface area contributed by atoms with Crippen molar-refractivity contribution in [3.05, 3.63) is 64.0 Å². The third-order valence-corrected chi connectivity index (χ3v) is 3.40. The maximum atomic E-state index is 11.6. The first-order valence-corrected chi connectivity index (χ1v) is 6.95. The number of rotatable bonds is 5. The highest BCUT2D eigenvalue weighted by molar-refractivity contribution is 6.36. The molecule has 0 radical (unpaired) electrons. The smallest absolute Gasteiger partial charge is 0.244 e. The third kappa shape index (κ3) is 4.36. The molecule has 0 aliphatic carbocycles. The highest BCUT2D eigenvalue weighted by Gasteiger charge is 2.15. The summed E-state index contributed by atoms with van der Waals surface area (Å²) in [7, 11) is 0. The van der Waals surface area contributed by atoms with Gasteiger partial charge < -0.3 is 14.8 Å². The van der Waals surface area contributed by atoms with Gasteiger partial charge in [-0.15, -0.1) is 0 Å². The first kappa shape index (κ1) is 15.6. The molecule has 2 aromatic rings. The summed E-state index contributed by atoms with van der Waals surface area (Å²) in [5.74, 6) is 0.216. The number of halogens is 2. The van der Waals surface area contributed by atoms with Crippen LogP contribution in [0.1, 0.15) is 17.4 Å². The maximum absolute atomic E-state index is 11.6. The van der Waals surface area contributed by atoms with Crippen molar-refractivity contribution in [3.8, 4) is 0 Å². The zero-order chi connectivity index (χ0) is 15.2. The molecule has 0 bridgehead atoms. The minimum absolute atomic E-state index is 0.00474. The average Bonchev–Trinajstić information content (AvgIpc) is 2.96. The molecule has 6 heteroatoms. The Labute approximate surface area is 132 Å². The predicted molar refractivity (Wildman–Crippen MR) is 82.2 cm³/mol. The van der Waals surface area contributed by atoms with Crippen molar-refractivity contribution in [2.24, 2.45) is 0 Å². The number of benzene rings is 1. The summed E-state index contributed by atoms with van der Waals surface area (Å²) in [5.41, 5.74) is 0.399. The molecule has 0 fully saturated rings. The van der Waals surface area contributed by atoms with Gasteiger partial charge in [0.25, 0.3) is 0 Å². The molecule has 1 unspecified atom stereocenters. The standard InChI is InChI=1S/C15H13Cl2NO3/c16-11-4-1-5-12(17)15(11)13(19)9-18-14(20)7-6-10-3-2-8-21-10/h1-8,13,19H,9H2,(H,18,20)/b7-6+. The lowest BCUT2D eigenvalue weighted by Crippen LogP contribution is -2.26. The molecular weight excluding hydrogens is 313 g/mol. The molecule has 0 aliphatic heterocycles. The van der Waals surface area contributed by atoms with Crippen LogP contribution < -0.4 is 5.32 Å². The van der Waals surface area contributed by atoms with Crippen LogP contribution >= 0.6 is 23.2 Å². The molecular formula is C15H13Cl2NO3. The summed E-state index contributed by atoms with van der Waals surface area (Å²) < 4.78 is 5.06. The predicted octanol–water partition coefficient (Wildman–Crippen LogP) is 3.45. The molecule has 21 heavy (non-hydrogen) atoms. The second-order valence-electron chi connectivity index (χ2n) is 4.25. The van der Waals surface area contributed by atoms with Gasteiger partial charge in [-0.2, -0.15) is 0 Å². The van der Waals surface area contributed by atoms with Crippen LogP contribution in [0.25, 0.3) is 6.08 Å². The van der Waals surface area contributed by atoms with Crippen molar-refractivity contribution in [1.82, 2.24) is 5.32 Å². The minimum atomic E-state index is -0.979. The van der Waals surface area contributed by atoms with Gasteiger partial charge in [0, 0.05) is 28.2 Å². The Balaban J connectivity index is 1.92. The molecule has 0 aliphatic rings. The van der Waals surface area contributed by atoms with Crippen molar-refractivity contribution in [1.29, 1.82) is 0 Å². The summed E-state index contributed by atoms with van der Waals surface area (Å²) in [5, 5.41) is 13.3. The Hall–Kier alpha value is -1.75. The van der Waals surface area contributed by atoms with E-state index in [1.54, 1.807) is 30.3 Å². The van der Waals surface area contributed by atoms with E-state index in [-0.39, 0.29) is 12.5 Å². The highest BCUT2D eigenvalue weighted by atomic mass is 35.5. The van der Waals surface area contributed by atoms with E-state index < -0.39 is 6.10 Å². The zero-order valence-electron chi connectivity index (χ0n) is 10.9. The molecule has 1 amide bonds. The fraction of sp³-hybridized carbons (Fsp3) is 0.133. The van der Waals surface area contributed by atoms with E-state index in [4.69, 9.17) is 27.6 Å². The Kier molecular flexibility index (Phi) is 5.44. The van der Waals surface area contributed by atoms with E-state index in [1.165, 1.54) is 18.4 Å². The lowest BCUT2D eigenvalue weighted by atomic mass is 10.1. The second kappa shape index (κ2) is 7.31. The van der Waals surface area contributed by atoms with Gasteiger partial charge in [-0.05, 0) is 30.3 Å². The first-order chi connectivity index (χ1) is 10.1. The number of hydrogen-bond acceptors (Lipinski definition) is 3. The summed E-state index contributed by atoms with van der Waals surface area (Å²) in [4.78, 5) is 11.6. The maximum Gasteiger partial charge on any atom is 0.244 e. The number of hydrogen-bond donors (Lipinski definition) is 2. The van der Waals surface area contributed by atoms with Crippen molar-refractivity contribution in [2.45, 2.75) is 6.10 Å². The van der Waals surface area contributed by atoms with Crippen LogP contribution in [0.15, 0.2) is 47.1 Å². The van der Waals surface area contributed by atoms with Gasteiger partial charge in [-0.3, -0.25) is 4.79 Å². The molecule has 1 aromatic carbocycles. The molecule has 0 saturated heterocycles. The van der Waals surface area contributed by atoms with Crippen molar-refractivity contribution >= 4 is 35.2 Å². The van der Waals surface area contributed by atoms with Gasteiger partial charge in [-0.25, -0.2) is 0 Å². The molecule has 1 atom stereocenters. The van der Waals surface area contributed by atoms with Gasteiger partial charge in [-0.1, -0.05) is 29.3 Å². The Morgan fingerprint density at radius 3 is 2.62 bits per heavy atom. The molecule has 0 spiro atoms. The molecule has 2 rings (SSSR count). The number of furan rings is 1. The van der Waals surface area contributed by atoms with Gasteiger partial charge in [0.2, 0.25) is 5.91 Å². The van der Waals surface area contributed by atoms with Crippen molar-refractivity contribution in [2.75, 3.05) is 6.54 Å². The summed E-state index contributed by atoms with van der Waals surface area (Å²) >= 11 is 12.0. The van der Waals surface area contributed by atoms with Crippen LogP contribution in [0.2, 0.25) is 10.0 Å². The molecule has 1 heterocycles. The van der Waals surface area contributed by atoms with Gasteiger partial charge in [0.15, 0.2) is 0 Å². The largest absolute Gasteiger partial charge is 0.465 e. The normalized spacial score (nSPS) is 12.5. The number of carbonyl (C=O) groups is 1. The summed E-state index contributed by atoms with van der Waals surface area (Å²) in [6.07, 6.45) is 3.39. The molecule has 2 N–H and O–H groups in total. The lowest BCUT2D eigenvalue weighted by Gasteiger charge is -2.14. The fourth-order valence-corrected chi connectivity index (χ4v) is 2.38. The number of aliphatic hydroxyl groups is 1. The van der Waals surface area contributed by atoms with Crippen molar-refractivity contribution in [3.63, 3.8) is 0 Å². The molecule has 1 aromatic heterocycles. The van der Waals surface area contributed by atoms with Crippen molar-refractivity contribution < 1.29 is 14.3 Å². The lowest BCUT2D eigenvalue weighted by molar-refractivity contribution is -0.116. The van der Waals surface area contributed by atoms with Crippen LogP contribution in [0.4, 0.5) is 0 Å². The van der Waals surface area contributed by atoms with Gasteiger partial charge in [0.05, 0.1) is 12.4 Å². The summed E-state index contributed by atoms with van der Waals surface area (Å²) in [6.45, 7) is 0.00474. The van der Waals surface area contributed by atoms with Gasteiger partial charge in [0.1, 0.15) is 5.76 Å². The molecule has 0 saturated carbocycles. The third-order valence-electron chi connectivity index (χ3n) is 2.74. The van der Waals surface area contributed by atoms with Crippen LogP contribution in [0, 0.1) is 0 Å². The van der Waals surface area contributed by atoms with E-state index in [1.807, 2.05) is 0 Å². The fourth-order valence-electron chi connectivity index (χ4n) is 1.73. The van der Waals surface area contributed by atoms with E-state index in [0.29, 0.717) is 21.4 Å². The van der Waals surface area contributed by atoms with Crippen LogP contribution in [-0.4, -0.2) is 17.6 Å². The zero-order valence-corrected chi connectivity index (χ0v) is 12.4. The topological polar surface area (TPSA) is 62.5 Å². The SMILES string of the molecule is O=C(/C=C/c1ccco1)NCC(O)c1c(Cl)cccc1Cl. The second-order valence-corrected chi connectivity index (χ2v) is 5.06. The number of aliphatic hydroxyl groups excluding tert-OH is 1.